The third-order valence-corrected chi connectivity index (χ3v) is 7.34. The number of sulfonamides is 1. The molecule has 30 heavy (non-hydrogen) atoms. The van der Waals surface area contributed by atoms with E-state index in [-0.39, 0.29) is 10.2 Å². The molecular formula is C19H29N5O4S2. The van der Waals surface area contributed by atoms with Crippen molar-refractivity contribution in [2.24, 2.45) is 0 Å². The maximum absolute atomic E-state index is 13.0. The van der Waals surface area contributed by atoms with E-state index in [4.69, 9.17) is 4.74 Å². The maximum atomic E-state index is 13.0. The molecule has 1 heterocycles. The summed E-state index contributed by atoms with van der Waals surface area (Å²) in [4.78, 5) is 20.9. The molecule has 2 aromatic rings. The van der Waals surface area contributed by atoms with Gasteiger partial charge < -0.3 is 15.0 Å². The Labute approximate surface area is 182 Å². The Morgan fingerprint density at radius 3 is 2.43 bits per heavy atom. The number of urea groups is 1. The summed E-state index contributed by atoms with van der Waals surface area (Å²) in [5, 5.41) is 3.19. The minimum absolute atomic E-state index is 0.103. The zero-order valence-corrected chi connectivity index (χ0v) is 19.6. The Morgan fingerprint density at radius 1 is 1.20 bits per heavy atom. The van der Waals surface area contributed by atoms with Crippen molar-refractivity contribution < 1.29 is 17.9 Å². The second-order valence-electron chi connectivity index (χ2n) is 6.77. The van der Waals surface area contributed by atoms with E-state index in [0.29, 0.717) is 36.1 Å². The number of hydrogen-bond acceptors (Lipinski definition) is 7. The molecular weight excluding hydrogens is 426 g/mol. The molecule has 0 aliphatic heterocycles. The molecule has 0 fully saturated rings. The largest absolute Gasteiger partial charge is 0.494 e. The number of ether oxygens (including phenoxy) is 1. The Hall–Kier alpha value is -2.21. The molecule has 0 aliphatic carbocycles. The van der Waals surface area contributed by atoms with Gasteiger partial charge in [-0.1, -0.05) is 11.3 Å². The van der Waals surface area contributed by atoms with Gasteiger partial charge in [0.2, 0.25) is 0 Å². The number of benzene rings is 1. The Morgan fingerprint density at radius 2 is 1.87 bits per heavy atom. The van der Waals surface area contributed by atoms with Gasteiger partial charge in [-0.15, -0.1) is 0 Å². The van der Waals surface area contributed by atoms with E-state index in [1.807, 2.05) is 25.9 Å². The van der Waals surface area contributed by atoms with E-state index < -0.39 is 10.0 Å². The van der Waals surface area contributed by atoms with Crippen LogP contribution in [0.2, 0.25) is 0 Å². The summed E-state index contributed by atoms with van der Waals surface area (Å²) in [7, 11) is 1.61. The molecule has 0 bridgehead atoms. The lowest BCUT2D eigenvalue weighted by Gasteiger charge is -2.21. The Bertz CT molecular complexity index is 942. The molecule has 1 aromatic heterocycles. The number of carbonyl (C=O) groups is 1. The van der Waals surface area contributed by atoms with Crippen LogP contribution in [-0.4, -0.2) is 65.2 Å². The average molecular weight is 456 g/mol. The topological polar surface area (TPSA) is 104 Å². The first-order chi connectivity index (χ1) is 14.2. The lowest BCUT2D eigenvalue weighted by Crippen LogP contribution is -2.36. The van der Waals surface area contributed by atoms with Gasteiger partial charge in [0, 0.05) is 12.2 Å². The highest BCUT2D eigenvalue weighted by molar-refractivity contribution is 7.91. The van der Waals surface area contributed by atoms with Crippen LogP contribution in [0, 0.1) is 6.92 Å². The monoisotopic (exact) mass is 455 g/mol. The van der Waals surface area contributed by atoms with Crippen molar-refractivity contribution in [1.82, 2.24) is 14.6 Å². The maximum Gasteiger partial charge on any atom is 0.328 e. The number of hydrogen-bond donors (Lipinski definition) is 2. The Balaban J connectivity index is 2.26. The number of aromatic nitrogens is 1. The van der Waals surface area contributed by atoms with Crippen molar-refractivity contribution in [3.63, 3.8) is 0 Å². The van der Waals surface area contributed by atoms with Crippen LogP contribution in [0.1, 0.15) is 19.0 Å². The molecule has 1 aromatic carbocycles. The zero-order valence-electron chi connectivity index (χ0n) is 17.9. The zero-order chi connectivity index (χ0) is 22.3. The van der Waals surface area contributed by atoms with Crippen LogP contribution in [0.5, 0.6) is 5.75 Å². The summed E-state index contributed by atoms with van der Waals surface area (Å²) < 4.78 is 32.3. The van der Waals surface area contributed by atoms with E-state index in [1.54, 1.807) is 31.2 Å². The fourth-order valence-electron chi connectivity index (χ4n) is 2.65. The second kappa shape index (κ2) is 10.7. The van der Waals surface area contributed by atoms with Crippen molar-refractivity contribution >= 4 is 38.2 Å². The minimum Gasteiger partial charge on any atom is -0.494 e. The average Bonchev–Trinajstić information content (AvgIpc) is 3.08. The van der Waals surface area contributed by atoms with Gasteiger partial charge in [-0.05, 0) is 72.2 Å². The standard InChI is InChI=1S/C19H29N5O4S2/c1-6-28-16-10-8-15(9-11-16)22-18(25)24(13-7-12-23(4)5)19-21-14(2)17(29-19)30(26,27)20-3/h8-11,20H,6-7,12-13H2,1-5H3,(H,22,25). The third kappa shape index (κ3) is 6.39. The number of carbonyl (C=O) groups excluding carboxylic acids is 1. The molecule has 2 amide bonds. The van der Waals surface area contributed by atoms with Crippen molar-refractivity contribution in [2.75, 3.05) is 51.1 Å². The normalized spacial score (nSPS) is 11.5. The molecule has 166 valence electrons. The number of amides is 2. The van der Waals surface area contributed by atoms with Crippen LogP contribution >= 0.6 is 11.3 Å². The minimum atomic E-state index is -3.64. The molecule has 9 nitrogen and oxygen atoms in total. The highest BCUT2D eigenvalue weighted by Crippen LogP contribution is 2.30. The summed E-state index contributed by atoms with van der Waals surface area (Å²) in [6.07, 6.45) is 0.705. The summed E-state index contributed by atoms with van der Waals surface area (Å²) in [6.45, 7) is 5.25. The molecule has 0 saturated heterocycles. The van der Waals surface area contributed by atoms with Crippen molar-refractivity contribution in [1.29, 1.82) is 0 Å². The summed E-state index contributed by atoms with van der Waals surface area (Å²) in [5.41, 5.74) is 0.966. The van der Waals surface area contributed by atoms with Gasteiger partial charge in [-0.25, -0.2) is 22.9 Å². The van der Waals surface area contributed by atoms with Crippen LogP contribution < -0.4 is 19.7 Å². The molecule has 0 aliphatic rings. The van der Waals surface area contributed by atoms with E-state index in [2.05, 4.69) is 15.0 Å². The Kier molecular flexibility index (Phi) is 8.59. The van der Waals surface area contributed by atoms with Crippen LogP contribution in [0.4, 0.5) is 15.6 Å². The number of nitrogens with zero attached hydrogens (tertiary/aromatic N) is 3. The number of aryl methyl sites for hydroxylation is 1. The first-order valence-corrected chi connectivity index (χ1v) is 11.8. The highest BCUT2D eigenvalue weighted by atomic mass is 32.2. The third-order valence-electron chi connectivity index (χ3n) is 4.14. The van der Waals surface area contributed by atoms with E-state index in [0.717, 1.165) is 23.6 Å². The molecule has 0 atom stereocenters. The fourth-order valence-corrected chi connectivity index (χ4v) is 5.01. The van der Waals surface area contributed by atoms with E-state index >= 15 is 0 Å². The van der Waals surface area contributed by atoms with Gasteiger partial charge in [0.1, 0.15) is 5.75 Å². The molecule has 2 rings (SSSR count). The van der Waals surface area contributed by atoms with Crippen LogP contribution in [0.15, 0.2) is 28.5 Å². The number of rotatable bonds is 10. The van der Waals surface area contributed by atoms with Gasteiger partial charge in [0.15, 0.2) is 9.34 Å². The SMILES string of the molecule is CCOc1ccc(NC(=O)N(CCCN(C)C)c2nc(C)c(S(=O)(=O)NC)s2)cc1. The van der Waals surface area contributed by atoms with Crippen LogP contribution in [0.25, 0.3) is 0 Å². The van der Waals surface area contributed by atoms with Crippen molar-refractivity contribution in [3.8, 4) is 5.75 Å². The van der Waals surface area contributed by atoms with Gasteiger partial charge in [0.05, 0.1) is 12.3 Å². The number of anilines is 2. The second-order valence-corrected chi connectivity index (χ2v) is 9.83. The van der Waals surface area contributed by atoms with Gasteiger partial charge in [0.25, 0.3) is 10.0 Å². The molecule has 11 heteroatoms. The van der Waals surface area contributed by atoms with E-state index in [1.165, 1.54) is 11.9 Å². The number of nitrogens with one attached hydrogen (secondary N) is 2. The highest BCUT2D eigenvalue weighted by Gasteiger charge is 2.25. The molecule has 0 unspecified atom stereocenters. The quantitative estimate of drug-likeness (QED) is 0.571. The van der Waals surface area contributed by atoms with Gasteiger partial charge in [-0.3, -0.25) is 4.90 Å². The van der Waals surface area contributed by atoms with Gasteiger partial charge in [-0.2, -0.15) is 0 Å². The molecule has 0 saturated carbocycles. The number of thiazole rings is 1. The predicted molar refractivity (Wildman–Crippen MR) is 120 cm³/mol. The summed E-state index contributed by atoms with van der Waals surface area (Å²) in [5.74, 6) is 0.718. The lowest BCUT2D eigenvalue weighted by molar-refractivity contribution is 0.256. The van der Waals surface area contributed by atoms with Crippen LogP contribution in [0.3, 0.4) is 0 Å². The predicted octanol–water partition coefficient (Wildman–Crippen LogP) is 2.75. The van der Waals surface area contributed by atoms with Crippen molar-refractivity contribution in [3.05, 3.63) is 30.0 Å². The van der Waals surface area contributed by atoms with Gasteiger partial charge >= 0.3 is 6.03 Å². The smallest absolute Gasteiger partial charge is 0.328 e. The molecule has 0 radical (unpaired) electrons. The van der Waals surface area contributed by atoms with E-state index in [9.17, 15) is 13.2 Å². The lowest BCUT2D eigenvalue weighted by atomic mass is 10.3. The van der Waals surface area contributed by atoms with Crippen molar-refractivity contribution in [2.45, 2.75) is 24.5 Å². The summed E-state index contributed by atoms with van der Waals surface area (Å²) in [6, 6.07) is 6.69. The first-order valence-electron chi connectivity index (χ1n) is 9.55. The molecule has 2 N–H and O–H groups in total. The van der Waals surface area contributed by atoms with Crippen LogP contribution in [-0.2, 0) is 10.0 Å². The first kappa shape index (κ1) is 24.1. The molecule has 0 spiro atoms. The summed E-state index contributed by atoms with van der Waals surface area (Å²) >= 11 is 0.976. The fraction of sp³-hybridized carbons (Fsp3) is 0.474.